The van der Waals surface area contributed by atoms with E-state index in [4.69, 9.17) is 0 Å². The van der Waals surface area contributed by atoms with Gasteiger partial charge >= 0.3 is 0 Å². The Kier molecular flexibility index (Phi) is 4.21. The van der Waals surface area contributed by atoms with Crippen molar-refractivity contribution in [3.63, 3.8) is 0 Å². The van der Waals surface area contributed by atoms with Crippen molar-refractivity contribution in [2.75, 3.05) is 25.5 Å². The minimum Gasteiger partial charge on any atom is -0.348 e. The molecule has 2 aromatic rings. The fourth-order valence-corrected chi connectivity index (χ4v) is 2.01. The molecule has 6 nitrogen and oxygen atoms in total. The van der Waals surface area contributed by atoms with Gasteiger partial charge in [-0.2, -0.15) is 5.10 Å². The van der Waals surface area contributed by atoms with Crippen molar-refractivity contribution in [2.24, 2.45) is 7.05 Å². The lowest BCUT2D eigenvalue weighted by molar-refractivity contribution is 0.546. The number of rotatable bonds is 6. The first-order valence-corrected chi connectivity index (χ1v) is 6.45. The van der Waals surface area contributed by atoms with E-state index in [9.17, 15) is 0 Å². The van der Waals surface area contributed by atoms with Gasteiger partial charge < -0.3 is 14.8 Å². The zero-order chi connectivity index (χ0) is 13.8. The number of hydrogen-bond donors (Lipinski definition) is 1. The van der Waals surface area contributed by atoms with Crippen molar-refractivity contribution < 1.29 is 0 Å². The molecule has 1 N–H and O–H groups in total. The fraction of sp³-hybridized carbons (Fsp3) is 0.538. The Morgan fingerprint density at radius 3 is 2.68 bits per heavy atom. The quantitative estimate of drug-likeness (QED) is 0.782. The molecule has 2 heterocycles. The minimum atomic E-state index is 0.817. The third-order valence-corrected chi connectivity index (χ3v) is 3.05. The molecule has 0 radical (unpaired) electrons. The lowest BCUT2D eigenvalue weighted by Gasteiger charge is -2.12. The first-order chi connectivity index (χ1) is 9.08. The molecule has 0 unspecified atom stereocenters. The van der Waals surface area contributed by atoms with Crippen molar-refractivity contribution in [2.45, 2.75) is 20.0 Å². The smallest absolute Gasteiger partial charge is 0.204 e. The highest BCUT2D eigenvalue weighted by molar-refractivity contribution is 5.30. The van der Waals surface area contributed by atoms with Gasteiger partial charge in [-0.3, -0.25) is 4.68 Å². The Labute approximate surface area is 114 Å². The molecule has 0 aliphatic heterocycles. The van der Waals surface area contributed by atoms with E-state index >= 15 is 0 Å². The van der Waals surface area contributed by atoms with Crippen LogP contribution in [0.15, 0.2) is 18.6 Å². The van der Waals surface area contributed by atoms with Crippen LogP contribution in [0.25, 0.3) is 0 Å². The SMILES string of the molecule is Cc1cnn(CCNCc2cnc(N(C)C)n2C)c1. The van der Waals surface area contributed by atoms with Gasteiger partial charge in [-0.1, -0.05) is 0 Å². The van der Waals surface area contributed by atoms with Crippen molar-refractivity contribution in [1.82, 2.24) is 24.6 Å². The molecular formula is C13H22N6. The molecule has 0 atom stereocenters. The van der Waals surface area contributed by atoms with Crippen LogP contribution in [0, 0.1) is 6.92 Å². The highest BCUT2D eigenvalue weighted by Gasteiger charge is 2.07. The topological polar surface area (TPSA) is 50.9 Å². The first-order valence-electron chi connectivity index (χ1n) is 6.45. The average Bonchev–Trinajstić information content (AvgIpc) is 2.92. The summed E-state index contributed by atoms with van der Waals surface area (Å²) in [6, 6.07) is 0. The van der Waals surface area contributed by atoms with E-state index < -0.39 is 0 Å². The van der Waals surface area contributed by atoms with Gasteiger partial charge in [-0.05, 0) is 12.5 Å². The number of anilines is 1. The standard InChI is InChI=1S/C13H22N6/c1-11-7-16-19(10-11)6-5-14-8-12-9-15-13(17(2)3)18(12)4/h7,9-10,14H,5-6,8H2,1-4H3. The molecule has 2 rings (SSSR count). The zero-order valence-electron chi connectivity index (χ0n) is 12.1. The van der Waals surface area contributed by atoms with E-state index in [1.54, 1.807) is 0 Å². The fourth-order valence-electron chi connectivity index (χ4n) is 2.01. The molecule has 19 heavy (non-hydrogen) atoms. The van der Waals surface area contributed by atoms with Gasteiger partial charge in [0.05, 0.1) is 24.6 Å². The lowest BCUT2D eigenvalue weighted by atomic mass is 10.4. The molecule has 104 valence electrons. The molecule has 0 spiro atoms. The summed E-state index contributed by atoms with van der Waals surface area (Å²) in [5, 5.41) is 7.67. The molecular weight excluding hydrogens is 240 g/mol. The molecule has 0 bridgehead atoms. The van der Waals surface area contributed by atoms with Crippen LogP contribution in [0.3, 0.4) is 0 Å². The van der Waals surface area contributed by atoms with Gasteiger partial charge in [-0.15, -0.1) is 0 Å². The Morgan fingerprint density at radius 1 is 1.32 bits per heavy atom. The Balaban J connectivity index is 1.80. The van der Waals surface area contributed by atoms with Gasteiger partial charge in [0, 0.05) is 40.4 Å². The van der Waals surface area contributed by atoms with Crippen LogP contribution in [-0.4, -0.2) is 40.0 Å². The van der Waals surface area contributed by atoms with Crippen LogP contribution >= 0.6 is 0 Å². The summed E-state index contributed by atoms with van der Waals surface area (Å²) in [7, 11) is 6.04. The van der Waals surface area contributed by atoms with Gasteiger partial charge in [0.1, 0.15) is 0 Å². The van der Waals surface area contributed by atoms with E-state index in [1.165, 1.54) is 11.3 Å². The van der Waals surface area contributed by atoms with Crippen LogP contribution in [0.5, 0.6) is 0 Å². The third kappa shape index (κ3) is 3.35. The number of nitrogens with zero attached hydrogens (tertiary/aromatic N) is 5. The third-order valence-electron chi connectivity index (χ3n) is 3.05. The van der Waals surface area contributed by atoms with Gasteiger partial charge in [-0.25, -0.2) is 4.98 Å². The summed E-state index contributed by atoms with van der Waals surface area (Å²) < 4.78 is 4.06. The molecule has 0 aliphatic rings. The molecule has 0 aromatic carbocycles. The summed E-state index contributed by atoms with van der Waals surface area (Å²) in [5.74, 6) is 0.972. The van der Waals surface area contributed by atoms with Crippen LogP contribution in [-0.2, 0) is 20.1 Å². The normalized spacial score (nSPS) is 10.9. The van der Waals surface area contributed by atoms with E-state index in [0.29, 0.717) is 0 Å². The number of imidazole rings is 1. The van der Waals surface area contributed by atoms with Crippen LogP contribution < -0.4 is 10.2 Å². The molecule has 0 aliphatic carbocycles. The van der Waals surface area contributed by atoms with Crippen LogP contribution in [0.1, 0.15) is 11.3 Å². The van der Waals surface area contributed by atoms with Crippen molar-refractivity contribution in [1.29, 1.82) is 0 Å². The predicted octanol–water partition coefficient (Wildman–Crippen LogP) is 0.781. The summed E-state index contributed by atoms with van der Waals surface area (Å²) >= 11 is 0. The van der Waals surface area contributed by atoms with Crippen molar-refractivity contribution in [3.8, 4) is 0 Å². The Hall–Kier alpha value is -1.82. The first kappa shape index (κ1) is 13.6. The minimum absolute atomic E-state index is 0.817. The second kappa shape index (κ2) is 5.88. The largest absolute Gasteiger partial charge is 0.348 e. The maximum atomic E-state index is 4.39. The van der Waals surface area contributed by atoms with E-state index in [0.717, 1.165) is 25.6 Å². The molecule has 0 saturated carbocycles. The highest BCUT2D eigenvalue weighted by Crippen LogP contribution is 2.10. The lowest BCUT2D eigenvalue weighted by Crippen LogP contribution is -2.21. The average molecular weight is 262 g/mol. The molecule has 0 fully saturated rings. The van der Waals surface area contributed by atoms with Gasteiger partial charge in [0.25, 0.3) is 0 Å². The van der Waals surface area contributed by atoms with Crippen LogP contribution in [0.4, 0.5) is 5.95 Å². The zero-order valence-corrected chi connectivity index (χ0v) is 12.1. The van der Waals surface area contributed by atoms with E-state index in [-0.39, 0.29) is 0 Å². The number of nitrogens with one attached hydrogen (secondary N) is 1. The summed E-state index contributed by atoms with van der Waals surface area (Å²) in [6.07, 6.45) is 5.85. The summed E-state index contributed by atoms with van der Waals surface area (Å²) in [4.78, 5) is 6.40. The maximum Gasteiger partial charge on any atom is 0.204 e. The highest BCUT2D eigenvalue weighted by atomic mass is 15.3. The molecule has 0 amide bonds. The number of aromatic nitrogens is 4. The van der Waals surface area contributed by atoms with Gasteiger partial charge in [0.2, 0.25) is 5.95 Å². The van der Waals surface area contributed by atoms with Gasteiger partial charge in [0.15, 0.2) is 0 Å². The second-order valence-electron chi connectivity index (χ2n) is 4.96. The molecule has 2 aromatic heterocycles. The Morgan fingerprint density at radius 2 is 2.11 bits per heavy atom. The van der Waals surface area contributed by atoms with E-state index in [1.807, 2.05) is 43.1 Å². The number of aryl methyl sites for hydroxylation is 1. The van der Waals surface area contributed by atoms with Crippen LogP contribution in [0.2, 0.25) is 0 Å². The maximum absolute atomic E-state index is 4.39. The Bertz CT molecular complexity index is 525. The second-order valence-corrected chi connectivity index (χ2v) is 4.96. The number of hydrogen-bond acceptors (Lipinski definition) is 4. The molecule has 0 saturated heterocycles. The predicted molar refractivity (Wildman–Crippen MR) is 76.2 cm³/mol. The van der Waals surface area contributed by atoms with E-state index in [2.05, 4.69) is 33.1 Å². The summed E-state index contributed by atoms with van der Waals surface area (Å²) in [5.41, 5.74) is 2.38. The van der Waals surface area contributed by atoms with Crippen molar-refractivity contribution >= 4 is 5.95 Å². The molecule has 6 heteroatoms. The monoisotopic (exact) mass is 262 g/mol. The summed E-state index contributed by atoms with van der Waals surface area (Å²) in [6.45, 7) is 4.64. The van der Waals surface area contributed by atoms with Crippen molar-refractivity contribution in [3.05, 3.63) is 29.8 Å².